The van der Waals surface area contributed by atoms with E-state index in [0.29, 0.717) is 0 Å². The van der Waals surface area contributed by atoms with Crippen molar-refractivity contribution >= 4 is 27.7 Å². The highest BCUT2D eigenvalue weighted by molar-refractivity contribution is 9.10. The fourth-order valence-electron chi connectivity index (χ4n) is 0.748. The second-order valence-electron chi connectivity index (χ2n) is 2.01. The Labute approximate surface area is 78.3 Å². The van der Waals surface area contributed by atoms with Gasteiger partial charge in [0, 0.05) is 9.37 Å². The van der Waals surface area contributed by atoms with Crippen LogP contribution in [0.4, 0.5) is 4.39 Å². The lowest BCUT2D eigenvalue weighted by atomic mass is 10.3. The smallest absolute Gasteiger partial charge is 0.137 e. The van der Waals surface area contributed by atoms with Crippen molar-refractivity contribution in [3.63, 3.8) is 0 Å². The standard InChI is InChI=1S/C8H8BrFS/c1-2-11-8-4-3-6(9)5-7(8)10/h3-5H,2H2,1H3. The topological polar surface area (TPSA) is 0 Å². The number of hydrogen-bond acceptors (Lipinski definition) is 1. The lowest BCUT2D eigenvalue weighted by molar-refractivity contribution is 0.601. The van der Waals surface area contributed by atoms with E-state index in [0.717, 1.165) is 15.1 Å². The summed E-state index contributed by atoms with van der Waals surface area (Å²) in [5.41, 5.74) is 0. The number of hydrogen-bond donors (Lipinski definition) is 0. The number of benzene rings is 1. The van der Waals surface area contributed by atoms with Crippen molar-refractivity contribution in [1.82, 2.24) is 0 Å². The summed E-state index contributed by atoms with van der Waals surface area (Å²) in [6.45, 7) is 2.01. The van der Waals surface area contributed by atoms with E-state index in [1.54, 1.807) is 6.07 Å². The van der Waals surface area contributed by atoms with E-state index < -0.39 is 0 Å². The molecule has 60 valence electrons. The largest absolute Gasteiger partial charge is 0.206 e. The van der Waals surface area contributed by atoms with Crippen LogP contribution >= 0.6 is 27.7 Å². The minimum atomic E-state index is -0.147. The molecule has 0 nitrogen and oxygen atoms in total. The van der Waals surface area contributed by atoms with Gasteiger partial charge in [-0.1, -0.05) is 22.9 Å². The van der Waals surface area contributed by atoms with E-state index in [9.17, 15) is 4.39 Å². The Morgan fingerprint density at radius 2 is 2.27 bits per heavy atom. The second-order valence-corrected chi connectivity index (χ2v) is 4.23. The first-order chi connectivity index (χ1) is 5.24. The summed E-state index contributed by atoms with van der Waals surface area (Å²) in [5.74, 6) is 0.754. The molecular weight excluding hydrogens is 227 g/mol. The van der Waals surface area contributed by atoms with Crippen molar-refractivity contribution in [2.45, 2.75) is 11.8 Å². The molecule has 1 rings (SSSR count). The first kappa shape index (κ1) is 9.07. The zero-order valence-corrected chi connectivity index (χ0v) is 8.51. The summed E-state index contributed by atoms with van der Waals surface area (Å²) < 4.78 is 13.8. The zero-order valence-electron chi connectivity index (χ0n) is 6.10. The van der Waals surface area contributed by atoms with E-state index >= 15 is 0 Å². The number of thioether (sulfide) groups is 1. The van der Waals surface area contributed by atoms with Crippen molar-refractivity contribution in [3.8, 4) is 0 Å². The Kier molecular flexibility index (Phi) is 3.40. The fourth-order valence-corrected chi connectivity index (χ4v) is 1.75. The molecule has 0 saturated heterocycles. The van der Waals surface area contributed by atoms with Gasteiger partial charge in [-0.3, -0.25) is 0 Å². The molecule has 3 heteroatoms. The molecule has 1 aromatic rings. The first-order valence-corrected chi connectivity index (χ1v) is 5.09. The van der Waals surface area contributed by atoms with Crippen LogP contribution in [-0.2, 0) is 0 Å². The lowest BCUT2D eigenvalue weighted by Gasteiger charge is -1.99. The van der Waals surface area contributed by atoms with Crippen LogP contribution in [0, 0.1) is 5.82 Å². The fraction of sp³-hybridized carbons (Fsp3) is 0.250. The molecule has 0 spiro atoms. The number of halogens is 2. The van der Waals surface area contributed by atoms with Crippen molar-refractivity contribution in [2.24, 2.45) is 0 Å². The normalized spacial score (nSPS) is 10.1. The molecule has 0 aliphatic rings. The van der Waals surface area contributed by atoms with Crippen LogP contribution in [0.5, 0.6) is 0 Å². The quantitative estimate of drug-likeness (QED) is 0.704. The van der Waals surface area contributed by atoms with Crippen LogP contribution in [0.3, 0.4) is 0 Å². The summed E-state index contributed by atoms with van der Waals surface area (Å²) >= 11 is 4.71. The monoisotopic (exact) mass is 234 g/mol. The van der Waals surface area contributed by atoms with Gasteiger partial charge >= 0.3 is 0 Å². The van der Waals surface area contributed by atoms with Crippen molar-refractivity contribution in [3.05, 3.63) is 28.5 Å². The van der Waals surface area contributed by atoms with Gasteiger partial charge in [-0.15, -0.1) is 11.8 Å². The average molecular weight is 235 g/mol. The lowest BCUT2D eigenvalue weighted by Crippen LogP contribution is -1.80. The van der Waals surface area contributed by atoms with Gasteiger partial charge in [0.25, 0.3) is 0 Å². The molecule has 11 heavy (non-hydrogen) atoms. The van der Waals surface area contributed by atoms with Gasteiger partial charge in [0.05, 0.1) is 0 Å². The van der Waals surface area contributed by atoms with Gasteiger partial charge in [-0.05, 0) is 24.0 Å². The predicted octanol–water partition coefficient (Wildman–Crippen LogP) is 3.70. The highest BCUT2D eigenvalue weighted by Gasteiger charge is 2.00. The Morgan fingerprint density at radius 1 is 1.55 bits per heavy atom. The molecule has 0 radical (unpaired) electrons. The van der Waals surface area contributed by atoms with Crippen molar-refractivity contribution in [2.75, 3.05) is 5.75 Å². The molecule has 0 fully saturated rings. The Balaban J connectivity index is 2.90. The average Bonchev–Trinajstić information content (AvgIpc) is 1.95. The SMILES string of the molecule is CCSc1ccc(Br)cc1F. The van der Waals surface area contributed by atoms with Crippen LogP contribution in [0.25, 0.3) is 0 Å². The van der Waals surface area contributed by atoms with Gasteiger partial charge in [0.1, 0.15) is 5.82 Å². The van der Waals surface area contributed by atoms with E-state index in [2.05, 4.69) is 15.9 Å². The van der Waals surface area contributed by atoms with Crippen LogP contribution in [0.1, 0.15) is 6.92 Å². The third-order valence-electron chi connectivity index (χ3n) is 1.19. The third kappa shape index (κ3) is 2.49. The maximum Gasteiger partial charge on any atom is 0.137 e. The zero-order chi connectivity index (χ0) is 8.27. The highest BCUT2D eigenvalue weighted by atomic mass is 79.9. The molecule has 0 saturated carbocycles. The molecule has 0 bridgehead atoms. The predicted molar refractivity (Wildman–Crippen MR) is 50.5 cm³/mol. The molecule has 0 heterocycles. The molecule has 0 unspecified atom stereocenters. The molecular formula is C8H8BrFS. The summed E-state index contributed by atoms with van der Waals surface area (Å²) in [5, 5.41) is 0. The van der Waals surface area contributed by atoms with E-state index in [1.165, 1.54) is 17.8 Å². The summed E-state index contributed by atoms with van der Waals surface area (Å²) in [7, 11) is 0. The summed E-state index contributed by atoms with van der Waals surface area (Å²) in [6, 6.07) is 5.12. The molecule has 0 aliphatic heterocycles. The van der Waals surface area contributed by atoms with Crippen LogP contribution in [-0.4, -0.2) is 5.75 Å². The summed E-state index contributed by atoms with van der Waals surface area (Å²) in [6.07, 6.45) is 0. The van der Waals surface area contributed by atoms with Crippen LogP contribution in [0.2, 0.25) is 0 Å². The molecule has 1 aromatic carbocycles. The van der Waals surface area contributed by atoms with Gasteiger partial charge in [0.2, 0.25) is 0 Å². The van der Waals surface area contributed by atoms with Crippen molar-refractivity contribution in [1.29, 1.82) is 0 Å². The number of rotatable bonds is 2. The minimum absolute atomic E-state index is 0.147. The maximum atomic E-state index is 13.0. The molecule has 0 atom stereocenters. The third-order valence-corrected chi connectivity index (χ3v) is 2.62. The van der Waals surface area contributed by atoms with Gasteiger partial charge in [-0.2, -0.15) is 0 Å². The van der Waals surface area contributed by atoms with Crippen LogP contribution < -0.4 is 0 Å². The molecule has 0 amide bonds. The van der Waals surface area contributed by atoms with Gasteiger partial charge in [0.15, 0.2) is 0 Å². The minimum Gasteiger partial charge on any atom is -0.206 e. The Bertz CT molecular complexity index is 250. The molecule has 0 aromatic heterocycles. The molecule has 0 aliphatic carbocycles. The highest BCUT2D eigenvalue weighted by Crippen LogP contribution is 2.23. The van der Waals surface area contributed by atoms with Crippen LogP contribution in [0.15, 0.2) is 27.6 Å². The Morgan fingerprint density at radius 3 is 2.82 bits per heavy atom. The van der Waals surface area contributed by atoms with E-state index in [-0.39, 0.29) is 5.82 Å². The van der Waals surface area contributed by atoms with Gasteiger partial charge < -0.3 is 0 Å². The van der Waals surface area contributed by atoms with E-state index in [1.807, 2.05) is 13.0 Å². The Hall–Kier alpha value is -0.0200. The van der Waals surface area contributed by atoms with Crippen molar-refractivity contribution < 1.29 is 4.39 Å². The van der Waals surface area contributed by atoms with Gasteiger partial charge in [-0.25, -0.2) is 4.39 Å². The van der Waals surface area contributed by atoms with E-state index in [4.69, 9.17) is 0 Å². The summed E-state index contributed by atoms with van der Waals surface area (Å²) in [4.78, 5) is 0.718. The first-order valence-electron chi connectivity index (χ1n) is 3.32. The maximum absolute atomic E-state index is 13.0. The second kappa shape index (κ2) is 4.12. The molecule has 0 N–H and O–H groups in total.